The molecule has 2 rings (SSSR count). The summed E-state index contributed by atoms with van der Waals surface area (Å²) in [6.45, 7) is 4.13. The second-order valence-electron chi connectivity index (χ2n) is 4.85. The highest BCUT2D eigenvalue weighted by Crippen LogP contribution is 2.02. The van der Waals surface area contributed by atoms with Crippen molar-refractivity contribution in [2.75, 3.05) is 13.6 Å². The molecule has 0 unspecified atom stereocenters. The molecule has 0 saturated carbocycles. The van der Waals surface area contributed by atoms with Gasteiger partial charge < -0.3 is 0 Å². The molecule has 2 heterocycles. The average Bonchev–Trinajstić information content (AvgIpc) is 2.93. The minimum absolute atomic E-state index is 0.209. The van der Waals surface area contributed by atoms with Crippen molar-refractivity contribution in [2.45, 2.75) is 20.0 Å². The van der Waals surface area contributed by atoms with E-state index in [1.807, 2.05) is 37.6 Å². The smallest absolute Gasteiger partial charge is 0.287 e. The van der Waals surface area contributed by atoms with Gasteiger partial charge in [0.2, 0.25) is 0 Å². The fourth-order valence-electron chi connectivity index (χ4n) is 1.90. The zero-order valence-electron chi connectivity index (χ0n) is 12.2. The second-order valence-corrected chi connectivity index (χ2v) is 4.85. The lowest BCUT2D eigenvalue weighted by atomic mass is 10.3. The molecule has 0 aliphatic rings. The van der Waals surface area contributed by atoms with Crippen molar-refractivity contribution in [1.29, 1.82) is 0 Å². The molecule has 0 spiro atoms. The molecule has 0 atom stereocenters. The first-order chi connectivity index (χ1) is 10.1. The fourth-order valence-corrected chi connectivity index (χ4v) is 1.90. The summed E-state index contributed by atoms with van der Waals surface area (Å²) in [5, 5.41) is 7.64. The van der Waals surface area contributed by atoms with Crippen molar-refractivity contribution in [3.05, 3.63) is 41.5 Å². The highest BCUT2D eigenvalue weighted by Gasteiger charge is 2.09. The third kappa shape index (κ3) is 4.33. The molecule has 1 amide bonds. The normalized spacial score (nSPS) is 10.9. The monoisotopic (exact) mass is 289 g/mol. The molecular formula is C13H19N7O. The van der Waals surface area contributed by atoms with Crippen LogP contribution in [0.3, 0.4) is 0 Å². The van der Waals surface area contributed by atoms with Gasteiger partial charge in [-0.05, 0) is 26.1 Å². The Morgan fingerprint density at radius 2 is 2.29 bits per heavy atom. The minimum Gasteiger partial charge on any atom is -0.299 e. The van der Waals surface area contributed by atoms with Crippen LogP contribution in [-0.4, -0.2) is 44.4 Å². The molecular weight excluding hydrogens is 270 g/mol. The Hall–Kier alpha value is -2.32. The Bertz CT molecular complexity index is 610. The first kappa shape index (κ1) is 15.1. The van der Waals surface area contributed by atoms with Gasteiger partial charge in [0.15, 0.2) is 5.69 Å². The zero-order chi connectivity index (χ0) is 15.2. The molecule has 0 aliphatic carbocycles. The van der Waals surface area contributed by atoms with E-state index in [1.165, 1.54) is 0 Å². The average molecular weight is 289 g/mol. The number of aromatic nitrogens is 4. The SMILES string of the molecule is Cc1cccc(CN(C)CCn2cc(C(=O)NN)nn2)n1. The van der Waals surface area contributed by atoms with Crippen LogP contribution in [0.2, 0.25) is 0 Å². The van der Waals surface area contributed by atoms with Crippen molar-refractivity contribution in [2.24, 2.45) is 5.84 Å². The van der Waals surface area contributed by atoms with Crippen LogP contribution in [0.25, 0.3) is 0 Å². The summed E-state index contributed by atoms with van der Waals surface area (Å²) in [5.74, 6) is 4.60. The Morgan fingerprint density at radius 3 is 3.00 bits per heavy atom. The largest absolute Gasteiger partial charge is 0.299 e. The number of pyridine rings is 1. The summed E-state index contributed by atoms with van der Waals surface area (Å²) >= 11 is 0. The van der Waals surface area contributed by atoms with Crippen molar-refractivity contribution in [3.8, 4) is 0 Å². The lowest BCUT2D eigenvalue weighted by Crippen LogP contribution is -2.30. The van der Waals surface area contributed by atoms with Gasteiger partial charge in [-0.25, -0.2) is 5.84 Å². The predicted octanol–water partition coefficient (Wildman–Crippen LogP) is -0.283. The Kier molecular flexibility index (Phi) is 4.96. The summed E-state index contributed by atoms with van der Waals surface area (Å²) in [7, 11) is 2.01. The summed E-state index contributed by atoms with van der Waals surface area (Å²) in [6, 6.07) is 5.98. The molecule has 0 aromatic carbocycles. The molecule has 3 N–H and O–H groups in total. The quantitative estimate of drug-likeness (QED) is 0.431. The molecule has 8 heteroatoms. The molecule has 0 aliphatic heterocycles. The molecule has 2 aromatic rings. The molecule has 0 bridgehead atoms. The van der Waals surface area contributed by atoms with Gasteiger partial charge in [-0.1, -0.05) is 11.3 Å². The minimum atomic E-state index is -0.446. The molecule has 112 valence electrons. The van der Waals surface area contributed by atoms with E-state index < -0.39 is 5.91 Å². The maximum absolute atomic E-state index is 11.3. The van der Waals surface area contributed by atoms with E-state index in [4.69, 9.17) is 5.84 Å². The van der Waals surface area contributed by atoms with Gasteiger partial charge in [0.25, 0.3) is 5.91 Å². The van der Waals surface area contributed by atoms with Crippen LogP contribution < -0.4 is 11.3 Å². The van der Waals surface area contributed by atoms with Crippen LogP contribution in [-0.2, 0) is 13.1 Å². The summed E-state index contributed by atoms with van der Waals surface area (Å²) in [4.78, 5) is 17.9. The maximum atomic E-state index is 11.3. The number of nitrogens with one attached hydrogen (secondary N) is 1. The number of nitrogens with zero attached hydrogens (tertiary/aromatic N) is 5. The van der Waals surface area contributed by atoms with Crippen LogP contribution >= 0.6 is 0 Å². The fraction of sp³-hybridized carbons (Fsp3) is 0.385. The number of carbonyl (C=O) groups excluding carboxylic acids is 1. The van der Waals surface area contributed by atoms with E-state index in [-0.39, 0.29) is 5.69 Å². The van der Waals surface area contributed by atoms with E-state index in [0.29, 0.717) is 6.54 Å². The second kappa shape index (κ2) is 6.91. The predicted molar refractivity (Wildman–Crippen MR) is 77.0 cm³/mol. The van der Waals surface area contributed by atoms with E-state index in [2.05, 4.69) is 20.2 Å². The standard InChI is InChI=1S/C13H19N7O/c1-10-4-3-5-11(15-10)8-19(2)6-7-20-9-12(17-18-20)13(21)16-14/h3-5,9H,6-8,14H2,1-2H3,(H,16,21). The van der Waals surface area contributed by atoms with E-state index in [9.17, 15) is 4.79 Å². The number of likely N-dealkylation sites (N-methyl/N-ethyl adjacent to an activating group) is 1. The van der Waals surface area contributed by atoms with Crippen LogP contribution in [0.1, 0.15) is 21.9 Å². The number of nitrogen functional groups attached to an aromatic ring is 1. The van der Waals surface area contributed by atoms with Gasteiger partial charge >= 0.3 is 0 Å². The van der Waals surface area contributed by atoms with Crippen LogP contribution in [0.4, 0.5) is 0 Å². The number of hydrazine groups is 1. The van der Waals surface area contributed by atoms with Gasteiger partial charge in [-0.3, -0.25) is 24.8 Å². The van der Waals surface area contributed by atoms with Crippen molar-refractivity contribution in [1.82, 2.24) is 30.3 Å². The number of nitrogens with two attached hydrogens (primary N) is 1. The third-order valence-corrected chi connectivity index (χ3v) is 2.99. The van der Waals surface area contributed by atoms with Gasteiger partial charge in [-0.2, -0.15) is 0 Å². The molecule has 21 heavy (non-hydrogen) atoms. The van der Waals surface area contributed by atoms with Gasteiger partial charge in [0, 0.05) is 18.8 Å². The first-order valence-corrected chi connectivity index (χ1v) is 6.60. The highest BCUT2D eigenvalue weighted by atomic mass is 16.2. The van der Waals surface area contributed by atoms with Gasteiger partial charge in [0.05, 0.1) is 18.4 Å². The molecule has 8 nitrogen and oxygen atoms in total. The maximum Gasteiger partial charge on any atom is 0.287 e. The van der Waals surface area contributed by atoms with E-state index in [0.717, 1.165) is 24.5 Å². The number of amides is 1. The molecule has 0 saturated heterocycles. The first-order valence-electron chi connectivity index (χ1n) is 6.60. The van der Waals surface area contributed by atoms with Crippen LogP contribution in [0.5, 0.6) is 0 Å². The summed E-state index contributed by atoms with van der Waals surface area (Å²) in [5.41, 5.74) is 4.27. The Balaban J connectivity index is 1.85. The number of rotatable bonds is 6. The molecule has 0 fully saturated rings. The van der Waals surface area contributed by atoms with Crippen molar-refractivity contribution in [3.63, 3.8) is 0 Å². The molecule has 0 radical (unpaired) electrons. The van der Waals surface area contributed by atoms with E-state index >= 15 is 0 Å². The molecule has 2 aromatic heterocycles. The lowest BCUT2D eigenvalue weighted by molar-refractivity contribution is 0.0948. The number of carbonyl (C=O) groups is 1. The Labute approximate surface area is 122 Å². The topological polar surface area (TPSA) is 102 Å². The van der Waals surface area contributed by atoms with Gasteiger partial charge in [-0.15, -0.1) is 5.10 Å². The zero-order valence-corrected chi connectivity index (χ0v) is 12.2. The highest BCUT2D eigenvalue weighted by molar-refractivity contribution is 5.91. The van der Waals surface area contributed by atoms with Crippen molar-refractivity contribution < 1.29 is 4.79 Å². The van der Waals surface area contributed by atoms with E-state index in [1.54, 1.807) is 10.9 Å². The number of hydrogen-bond acceptors (Lipinski definition) is 6. The third-order valence-electron chi connectivity index (χ3n) is 2.99. The summed E-state index contributed by atoms with van der Waals surface area (Å²) in [6.07, 6.45) is 1.57. The number of aryl methyl sites for hydroxylation is 1. The summed E-state index contributed by atoms with van der Waals surface area (Å²) < 4.78 is 1.62. The van der Waals surface area contributed by atoms with Crippen LogP contribution in [0.15, 0.2) is 24.4 Å². The number of hydrogen-bond donors (Lipinski definition) is 2. The van der Waals surface area contributed by atoms with Crippen LogP contribution in [0, 0.1) is 6.92 Å². The Morgan fingerprint density at radius 1 is 1.48 bits per heavy atom. The van der Waals surface area contributed by atoms with Gasteiger partial charge in [0.1, 0.15) is 0 Å². The van der Waals surface area contributed by atoms with Crippen molar-refractivity contribution >= 4 is 5.91 Å². The lowest BCUT2D eigenvalue weighted by Gasteiger charge is -2.15.